The molecule has 2 heterocycles. The SMILES string of the molecule is CN=C(NCCNS(=O)(=O)c1ccc(C)cc1)N1CCOC(c2cnn(C)c2)C1.I. The number of nitrogens with one attached hydrogen (secondary N) is 2. The molecule has 1 aliphatic heterocycles. The van der Waals surface area contributed by atoms with Crippen LogP contribution in [-0.2, 0) is 21.8 Å². The first kappa shape index (κ1) is 24.6. The molecular formula is C19H29IN6O3S. The van der Waals surface area contributed by atoms with Crippen molar-refractivity contribution >= 4 is 40.0 Å². The number of rotatable bonds is 6. The van der Waals surface area contributed by atoms with E-state index in [1.807, 2.05) is 26.4 Å². The Morgan fingerprint density at radius 3 is 2.67 bits per heavy atom. The molecule has 0 saturated carbocycles. The number of sulfonamides is 1. The summed E-state index contributed by atoms with van der Waals surface area (Å²) in [5, 5.41) is 7.42. The van der Waals surface area contributed by atoms with Crippen LogP contribution in [0.5, 0.6) is 0 Å². The summed E-state index contributed by atoms with van der Waals surface area (Å²) in [7, 11) is 0.0711. The topological polar surface area (TPSA) is 101 Å². The molecule has 1 fully saturated rings. The van der Waals surface area contributed by atoms with Crippen LogP contribution in [-0.4, -0.2) is 68.9 Å². The molecule has 0 aliphatic carbocycles. The zero-order chi connectivity index (χ0) is 20.9. The van der Waals surface area contributed by atoms with E-state index in [-0.39, 0.29) is 41.5 Å². The summed E-state index contributed by atoms with van der Waals surface area (Å²) < 4.78 is 34.9. The molecule has 166 valence electrons. The molecule has 9 nitrogen and oxygen atoms in total. The minimum absolute atomic E-state index is 0. The van der Waals surface area contributed by atoms with Crippen LogP contribution < -0.4 is 10.0 Å². The molecule has 3 rings (SSSR count). The third kappa shape index (κ3) is 6.40. The molecule has 1 aromatic heterocycles. The Bertz CT molecular complexity index is 945. The van der Waals surface area contributed by atoms with Crippen molar-refractivity contribution in [1.29, 1.82) is 0 Å². The van der Waals surface area contributed by atoms with Gasteiger partial charge >= 0.3 is 0 Å². The fourth-order valence-electron chi connectivity index (χ4n) is 3.14. The van der Waals surface area contributed by atoms with Crippen LogP contribution in [0.4, 0.5) is 0 Å². The van der Waals surface area contributed by atoms with Crippen LogP contribution in [0.3, 0.4) is 0 Å². The van der Waals surface area contributed by atoms with E-state index in [1.54, 1.807) is 36.0 Å². The van der Waals surface area contributed by atoms with Crippen LogP contribution >= 0.6 is 24.0 Å². The van der Waals surface area contributed by atoms with E-state index in [0.29, 0.717) is 26.2 Å². The van der Waals surface area contributed by atoms with E-state index < -0.39 is 10.0 Å². The second-order valence-corrected chi connectivity index (χ2v) is 8.70. The molecule has 1 atom stereocenters. The van der Waals surface area contributed by atoms with Crippen molar-refractivity contribution < 1.29 is 13.2 Å². The highest BCUT2D eigenvalue weighted by Crippen LogP contribution is 2.21. The van der Waals surface area contributed by atoms with Gasteiger partial charge in [0.15, 0.2) is 5.96 Å². The number of ether oxygens (including phenoxy) is 1. The van der Waals surface area contributed by atoms with Gasteiger partial charge in [0, 0.05) is 45.5 Å². The maximum atomic E-state index is 12.4. The lowest BCUT2D eigenvalue weighted by atomic mass is 10.1. The Labute approximate surface area is 195 Å². The molecule has 1 saturated heterocycles. The predicted molar refractivity (Wildman–Crippen MR) is 127 cm³/mol. The smallest absolute Gasteiger partial charge is 0.240 e. The molecule has 1 unspecified atom stereocenters. The number of hydrogen-bond acceptors (Lipinski definition) is 5. The Kier molecular flexibility index (Phi) is 9.07. The Morgan fingerprint density at radius 1 is 1.30 bits per heavy atom. The summed E-state index contributed by atoms with van der Waals surface area (Å²) in [6, 6.07) is 6.78. The van der Waals surface area contributed by atoms with Gasteiger partial charge in [0.25, 0.3) is 0 Å². The largest absolute Gasteiger partial charge is 0.370 e. The monoisotopic (exact) mass is 548 g/mol. The minimum atomic E-state index is -3.52. The lowest BCUT2D eigenvalue weighted by Crippen LogP contribution is -2.49. The Balaban J connectivity index is 0.00000320. The predicted octanol–water partition coefficient (Wildman–Crippen LogP) is 1.27. The van der Waals surface area contributed by atoms with Crippen LogP contribution in [0.15, 0.2) is 46.5 Å². The van der Waals surface area contributed by atoms with Crippen LogP contribution in [0.1, 0.15) is 17.2 Å². The summed E-state index contributed by atoms with van der Waals surface area (Å²) in [6.07, 6.45) is 3.69. The van der Waals surface area contributed by atoms with Gasteiger partial charge in [0.05, 0.1) is 24.2 Å². The number of hydrogen-bond donors (Lipinski definition) is 2. The molecular weight excluding hydrogens is 519 g/mol. The van der Waals surface area contributed by atoms with Gasteiger partial charge in [0.2, 0.25) is 10.0 Å². The number of aliphatic imine (C=N–C) groups is 1. The van der Waals surface area contributed by atoms with E-state index in [9.17, 15) is 8.42 Å². The standard InChI is InChI=1S/C19H28N6O3S.HI/c1-15-4-6-17(7-5-15)29(26,27)23-9-8-21-19(20-2)25-10-11-28-18(14-25)16-12-22-24(3)13-16;/h4-7,12-13,18,23H,8-11,14H2,1-3H3,(H,20,21);1H. The second-order valence-electron chi connectivity index (χ2n) is 6.94. The molecule has 1 aromatic carbocycles. The third-order valence-corrected chi connectivity index (χ3v) is 6.18. The van der Waals surface area contributed by atoms with E-state index in [4.69, 9.17) is 4.74 Å². The fraction of sp³-hybridized carbons (Fsp3) is 0.474. The summed E-state index contributed by atoms with van der Waals surface area (Å²) in [5.74, 6) is 0.719. The van der Waals surface area contributed by atoms with Crippen molar-refractivity contribution in [1.82, 2.24) is 24.7 Å². The van der Waals surface area contributed by atoms with E-state index in [2.05, 4.69) is 25.0 Å². The Morgan fingerprint density at radius 2 is 2.03 bits per heavy atom. The van der Waals surface area contributed by atoms with Gasteiger partial charge in [-0.25, -0.2) is 13.1 Å². The number of guanidine groups is 1. The minimum Gasteiger partial charge on any atom is -0.370 e. The fourth-order valence-corrected chi connectivity index (χ4v) is 4.17. The molecule has 0 radical (unpaired) electrons. The quantitative estimate of drug-likeness (QED) is 0.244. The molecule has 0 spiro atoms. The summed E-state index contributed by atoms with van der Waals surface area (Å²) in [6.45, 7) is 4.55. The number of nitrogens with zero attached hydrogens (tertiary/aromatic N) is 4. The van der Waals surface area contributed by atoms with Gasteiger partial charge in [-0.15, -0.1) is 24.0 Å². The number of aryl methyl sites for hydroxylation is 2. The van der Waals surface area contributed by atoms with Crippen LogP contribution in [0, 0.1) is 6.92 Å². The highest BCUT2D eigenvalue weighted by molar-refractivity contribution is 14.0. The molecule has 11 heteroatoms. The molecule has 30 heavy (non-hydrogen) atoms. The normalized spacial score (nSPS) is 17.5. The number of benzene rings is 1. The van der Waals surface area contributed by atoms with Gasteiger partial charge in [-0.1, -0.05) is 17.7 Å². The van der Waals surface area contributed by atoms with Gasteiger partial charge < -0.3 is 15.0 Å². The summed E-state index contributed by atoms with van der Waals surface area (Å²) in [4.78, 5) is 6.70. The lowest BCUT2D eigenvalue weighted by molar-refractivity contribution is -0.00800. The van der Waals surface area contributed by atoms with Crippen LogP contribution in [0.2, 0.25) is 0 Å². The van der Waals surface area contributed by atoms with Crippen molar-refractivity contribution in [2.45, 2.75) is 17.9 Å². The molecule has 1 aliphatic rings. The van der Waals surface area contributed by atoms with Crippen molar-refractivity contribution in [3.05, 3.63) is 47.8 Å². The molecule has 0 amide bonds. The van der Waals surface area contributed by atoms with Crippen molar-refractivity contribution in [3.63, 3.8) is 0 Å². The molecule has 0 bridgehead atoms. The highest BCUT2D eigenvalue weighted by Gasteiger charge is 2.25. The number of halogens is 1. The molecule has 2 aromatic rings. The first-order valence-corrected chi connectivity index (χ1v) is 11.0. The van der Waals surface area contributed by atoms with Crippen LogP contribution in [0.25, 0.3) is 0 Å². The first-order chi connectivity index (χ1) is 13.9. The van der Waals surface area contributed by atoms with Gasteiger partial charge in [-0.3, -0.25) is 9.67 Å². The van der Waals surface area contributed by atoms with E-state index in [1.165, 1.54) is 0 Å². The highest BCUT2D eigenvalue weighted by atomic mass is 127. The maximum absolute atomic E-state index is 12.4. The lowest BCUT2D eigenvalue weighted by Gasteiger charge is -2.34. The molecule has 2 N–H and O–H groups in total. The maximum Gasteiger partial charge on any atom is 0.240 e. The van der Waals surface area contributed by atoms with Gasteiger partial charge in [0.1, 0.15) is 6.10 Å². The van der Waals surface area contributed by atoms with E-state index in [0.717, 1.165) is 17.1 Å². The summed E-state index contributed by atoms with van der Waals surface area (Å²) >= 11 is 0. The summed E-state index contributed by atoms with van der Waals surface area (Å²) in [5.41, 5.74) is 2.04. The average Bonchev–Trinajstić information content (AvgIpc) is 3.15. The van der Waals surface area contributed by atoms with Crippen molar-refractivity contribution in [2.75, 3.05) is 39.8 Å². The average molecular weight is 548 g/mol. The van der Waals surface area contributed by atoms with E-state index >= 15 is 0 Å². The first-order valence-electron chi connectivity index (χ1n) is 9.51. The van der Waals surface area contributed by atoms with Crippen molar-refractivity contribution in [2.24, 2.45) is 12.0 Å². The number of aromatic nitrogens is 2. The third-order valence-electron chi connectivity index (χ3n) is 4.71. The number of morpholine rings is 1. The zero-order valence-corrected chi connectivity index (χ0v) is 20.6. The zero-order valence-electron chi connectivity index (χ0n) is 17.4. The van der Waals surface area contributed by atoms with Gasteiger partial charge in [-0.05, 0) is 19.1 Å². The van der Waals surface area contributed by atoms with Crippen molar-refractivity contribution in [3.8, 4) is 0 Å². The Hall–Kier alpha value is -1.70. The van der Waals surface area contributed by atoms with Gasteiger partial charge in [-0.2, -0.15) is 5.10 Å². The second kappa shape index (κ2) is 11.1.